The van der Waals surface area contributed by atoms with Crippen molar-refractivity contribution < 1.29 is 0 Å². The predicted octanol–water partition coefficient (Wildman–Crippen LogP) is 3.38. The summed E-state index contributed by atoms with van der Waals surface area (Å²) in [5, 5.41) is 3.53. The number of nitrogens with zero attached hydrogens (tertiary/aromatic N) is 1. The maximum atomic E-state index is 6.82. The minimum atomic E-state index is 0.298. The molecule has 0 fully saturated rings. The second-order valence-corrected chi connectivity index (χ2v) is 2.69. The largest absolute Gasteiger partial charge is 0.210 e. The zero-order valence-electron chi connectivity index (χ0n) is 7.06. The maximum Gasteiger partial charge on any atom is 0.0703 e. The Balaban J connectivity index is 3.17. The Hall–Kier alpha value is -0.400. The molecule has 1 N–H and O–H groups in total. The van der Waals surface area contributed by atoms with Gasteiger partial charge in [0, 0.05) is 0 Å². The number of nitrogens with one attached hydrogen (secondary N) is 1. The molecule has 0 spiro atoms. The molecule has 60 valence electrons. The van der Waals surface area contributed by atoms with Crippen molar-refractivity contribution in [1.29, 1.82) is 5.53 Å². The molecule has 0 bridgehead atoms. The average Bonchev–Trinajstić information content (AvgIpc) is 1.99. The fourth-order valence-electron chi connectivity index (χ4n) is 0.990. The van der Waals surface area contributed by atoms with E-state index in [4.69, 9.17) is 5.53 Å². The van der Waals surface area contributed by atoms with Crippen LogP contribution in [0.1, 0.15) is 46.0 Å². The number of hydrogen-bond acceptors (Lipinski definition) is 2. The van der Waals surface area contributed by atoms with Crippen LogP contribution in [0, 0.1) is 5.53 Å². The Morgan fingerprint density at radius 1 is 1.30 bits per heavy atom. The van der Waals surface area contributed by atoms with Gasteiger partial charge in [-0.15, -0.1) is 0 Å². The normalized spacial score (nSPS) is 13.0. The molecule has 10 heavy (non-hydrogen) atoms. The average molecular weight is 142 g/mol. The van der Waals surface area contributed by atoms with Gasteiger partial charge in [-0.2, -0.15) is 5.11 Å². The summed E-state index contributed by atoms with van der Waals surface area (Å²) in [6.07, 6.45) is 5.90. The highest BCUT2D eigenvalue weighted by atomic mass is 15.0. The van der Waals surface area contributed by atoms with E-state index < -0.39 is 0 Å². The van der Waals surface area contributed by atoms with Crippen molar-refractivity contribution in [3.8, 4) is 0 Å². The van der Waals surface area contributed by atoms with Crippen LogP contribution in [0.3, 0.4) is 0 Å². The highest BCUT2D eigenvalue weighted by Gasteiger charge is 2.01. The molecule has 1 atom stereocenters. The van der Waals surface area contributed by atoms with Gasteiger partial charge in [-0.05, 0) is 12.8 Å². The van der Waals surface area contributed by atoms with Gasteiger partial charge < -0.3 is 0 Å². The van der Waals surface area contributed by atoms with Gasteiger partial charge in [0.05, 0.1) is 6.04 Å². The maximum absolute atomic E-state index is 6.82. The molecule has 1 unspecified atom stereocenters. The van der Waals surface area contributed by atoms with Crippen LogP contribution in [0.15, 0.2) is 5.11 Å². The van der Waals surface area contributed by atoms with E-state index in [0.29, 0.717) is 6.04 Å². The second-order valence-electron chi connectivity index (χ2n) is 2.69. The molecule has 0 heterocycles. The van der Waals surface area contributed by atoms with Gasteiger partial charge in [0.1, 0.15) is 0 Å². The summed E-state index contributed by atoms with van der Waals surface area (Å²) in [5.41, 5.74) is 6.82. The molecule has 0 aromatic heterocycles. The zero-order valence-corrected chi connectivity index (χ0v) is 7.06. The summed E-state index contributed by atoms with van der Waals surface area (Å²) in [4.78, 5) is 0. The van der Waals surface area contributed by atoms with Crippen molar-refractivity contribution in [1.82, 2.24) is 0 Å². The van der Waals surface area contributed by atoms with Crippen LogP contribution in [0.2, 0.25) is 0 Å². The van der Waals surface area contributed by atoms with Gasteiger partial charge in [-0.1, -0.05) is 33.1 Å². The molecule has 0 aliphatic heterocycles. The Kier molecular flexibility index (Phi) is 6.45. The molecular weight excluding hydrogens is 124 g/mol. The monoisotopic (exact) mass is 142 g/mol. The van der Waals surface area contributed by atoms with Crippen LogP contribution in [0.5, 0.6) is 0 Å². The van der Waals surface area contributed by atoms with Gasteiger partial charge in [0.2, 0.25) is 0 Å². The summed E-state index contributed by atoms with van der Waals surface area (Å²) in [7, 11) is 0. The third-order valence-corrected chi connectivity index (χ3v) is 1.79. The molecule has 2 heteroatoms. The molecule has 0 saturated heterocycles. The second kappa shape index (κ2) is 6.72. The summed E-state index contributed by atoms with van der Waals surface area (Å²) < 4.78 is 0. The fourth-order valence-corrected chi connectivity index (χ4v) is 0.990. The van der Waals surface area contributed by atoms with Crippen LogP contribution in [-0.2, 0) is 0 Å². The number of hydrogen-bond donors (Lipinski definition) is 1. The summed E-state index contributed by atoms with van der Waals surface area (Å²) >= 11 is 0. The van der Waals surface area contributed by atoms with Gasteiger partial charge in [-0.25, -0.2) is 5.53 Å². The van der Waals surface area contributed by atoms with E-state index in [0.717, 1.165) is 12.8 Å². The Bertz CT molecular complexity index is 81.3. The molecule has 0 aliphatic carbocycles. The lowest BCUT2D eigenvalue weighted by molar-refractivity contribution is 0.523. The SMILES string of the molecule is CCCCCC(CC)N=N. The molecule has 2 nitrogen and oxygen atoms in total. The molecule has 0 saturated carbocycles. The Morgan fingerprint density at radius 2 is 2.00 bits per heavy atom. The van der Waals surface area contributed by atoms with E-state index in [9.17, 15) is 0 Å². The van der Waals surface area contributed by atoms with Gasteiger partial charge in [0.25, 0.3) is 0 Å². The summed E-state index contributed by atoms with van der Waals surface area (Å²) in [6, 6.07) is 0.298. The highest BCUT2D eigenvalue weighted by molar-refractivity contribution is 4.59. The van der Waals surface area contributed by atoms with Gasteiger partial charge in [-0.3, -0.25) is 0 Å². The standard InChI is InChI=1S/C8H18N2/c1-3-5-6-7-8(4-2)10-9/h8-9H,3-7H2,1-2H3. The van der Waals surface area contributed by atoms with Crippen molar-refractivity contribution in [2.75, 3.05) is 0 Å². The molecule has 0 aliphatic rings. The minimum absolute atomic E-state index is 0.298. The predicted molar refractivity (Wildman–Crippen MR) is 43.4 cm³/mol. The van der Waals surface area contributed by atoms with Crippen molar-refractivity contribution in [2.45, 2.75) is 52.0 Å². The smallest absolute Gasteiger partial charge is 0.0703 e. The lowest BCUT2D eigenvalue weighted by Crippen LogP contribution is -2.00. The lowest BCUT2D eigenvalue weighted by Gasteiger charge is -2.05. The zero-order chi connectivity index (χ0) is 7.82. The van der Waals surface area contributed by atoms with E-state index in [1.165, 1.54) is 19.3 Å². The Morgan fingerprint density at radius 3 is 2.40 bits per heavy atom. The Labute approximate surface area is 63.5 Å². The molecular formula is C8H18N2. The van der Waals surface area contributed by atoms with E-state index in [1.54, 1.807) is 0 Å². The van der Waals surface area contributed by atoms with Gasteiger partial charge >= 0.3 is 0 Å². The summed E-state index contributed by atoms with van der Waals surface area (Å²) in [5.74, 6) is 0. The molecule has 0 aromatic rings. The van der Waals surface area contributed by atoms with E-state index in [2.05, 4.69) is 19.0 Å². The molecule has 0 amide bonds. The fraction of sp³-hybridized carbons (Fsp3) is 1.00. The lowest BCUT2D eigenvalue weighted by atomic mass is 10.1. The molecule has 0 radical (unpaired) electrons. The van der Waals surface area contributed by atoms with Crippen molar-refractivity contribution in [2.24, 2.45) is 5.11 Å². The van der Waals surface area contributed by atoms with Crippen LogP contribution in [-0.4, -0.2) is 6.04 Å². The topological polar surface area (TPSA) is 36.2 Å². The van der Waals surface area contributed by atoms with Crippen molar-refractivity contribution in [3.63, 3.8) is 0 Å². The van der Waals surface area contributed by atoms with Gasteiger partial charge in [0.15, 0.2) is 0 Å². The summed E-state index contributed by atoms with van der Waals surface area (Å²) in [6.45, 7) is 4.29. The first-order valence-corrected chi connectivity index (χ1v) is 4.21. The van der Waals surface area contributed by atoms with Crippen LogP contribution < -0.4 is 0 Å². The number of rotatable bonds is 6. The third-order valence-electron chi connectivity index (χ3n) is 1.79. The quantitative estimate of drug-likeness (QED) is 0.436. The van der Waals surface area contributed by atoms with Crippen molar-refractivity contribution >= 4 is 0 Å². The number of unbranched alkanes of at least 4 members (excludes halogenated alkanes) is 2. The first-order valence-electron chi connectivity index (χ1n) is 4.21. The van der Waals surface area contributed by atoms with Crippen LogP contribution in [0.4, 0.5) is 0 Å². The molecule has 0 aromatic carbocycles. The van der Waals surface area contributed by atoms with Crippen LogP contribution >= 0.6 is 0 Å². The first kappa shape index (κ1) is 9.60. The van der Waals surface area contributed by atoms with Crippen molar-refractivity contribution in [3.05, 3.63) is 0 Å². The molecule has 0 rings (SSSR count). The van der Waals surface area contributed by atoms with E-state index in [1.807, 2.05) is 0 Å². The van der Waals surface area contributed by atoms with E-state index in [-0.39, 0.29) is 0 Å². The van der Waals surface area contributed by atoms with E-state index >= 15 is 0 Å². The highest BCUT2D eigenvalue weighted by Crippen LogP contribution is 2.08. The third kappa shape index (κ3) is 4.48. The minimum Gasteiger partial charge on any atom is -0.210 e. The van der Waals surface area contributed by atoms with Crippen LogP contribution in [0.25, 0.3) is 0 Å². The first-order chi connectivity index (χ1) is 4.85.